The van der Waals surface area contributed by atoms with Gasteiger partial charge in [0.05, 0.1) is 0 Å². The lowest BCUT2D eigenvalue weighted by atomic mass is 10.1. The van der Waals surface area contributed by atoms with Crippen LogP contribution in [0.5, 0.6) is 0 Å². The second-order valence-corrected chi connectivity index (χ2v) is 5.29. The first kappa shape index (κ1) is 9.46. The number of hydrogen-bond donors (Lipinski definition) is 1. The number of aromatic nitrogens is 1. The van der Waals surface area contributed by atoms with Crippen molar-refractivity contribution in [3.63, 3.8) is 0 Å². The molecular formula is C13H20N2. The molecule has 0 atom stereocenters. The van der Waals surface area contributed by atoms with Gasteiger partial charge in [0, 0.05) is 23.5 Å². The molecule has 0 aromatic carbocycles. The molecule has 15 heavy (non-hydrogen) atoms. The van der Waals surface area contributed by atoms with Crippen LogP contribution in [0.25, 0.3) is 0 Å². The van der Waals surface area contributed by atoms with E-state index in [0.29, 0.717) is 0 Å². The summed E-state index contributed by atoms with van der Waals surface area (Å²) in [4.78, 5) is 0. The molecular weight excluding hydrogens is 184 g/mol. The normalized spacial score (nSPS) is 22.5. The molecule has 2 heteroatoms. The second kappa shape index (κ2) is 3.38. The number of nitrogens with zero attached hydrogens (tertiary/aromatic N) is 1. The predicted molar refractivity (Wildman–Crippen MR) is 61.8 cm³/mol. The van der Waals surface area contributed by atoms with Crippen molar-refractivity contribution in [3.8, 4) is 0 Å². The van der Waals surface area contributed by atoms with E-state index in [9.17, 15) is 0 Å². The molecule has 1 aromatic heterocycles. The van der Waals surface area contributed by atoms with Gasteiger partial charge in [-0.3, -0.25) is 0 Å². The quantitative estimate of drug-likeness (QED) is 0.804. The Hall–Kier alpha value is -0.760. The summed E-state index contributed by atoms with van der Waals surface area (Å²) in [5, 5.41) is 0. The van der Waals surface area contributed by atoms with Crippen LogP contribution in [0.2, 0.25) is 0 Å². The van der Waals surface area contributed by atoms with E-state index in [1.165, 1.54) is 62.9 Å². The maximum Gasteiger partial charge on any atom is 0.0225 e. The average molecular weight is 204 g/mol. The fourth-order valence-corrected chi connectivity index (χ4v) is 2.64. The zero-order chi connectivity index (χ0) is 10.3. The van der Waals surface area contributed by atoms with Gasteiger partial charge in [-0.05, 0) is 57.1 Å². The van der Waals surface area contributed by atoms with Crippen LogP contribution in [-0.4, -0.2) is 10.1 Å². The molecule has 82 valence electrons. The van der Waals surface area contributed by atoms with Crippen molar-refractivity contribution in [1.82, 2.24) is 4.57 Å². The van der Waals surface area contributed by atoms with Gasteiger partial charge in [0.1, 0.15) is 0 Å². The first-order valence-corrected chi connectivity index (χ1v) is 6.23. The van der Waals surface area contributed by atoms with Crippen LogP contribution in [0, 0.1) is 0 Å². The Balaban J connectivity index is 1.71. The molecule has 3 rings (SSSR count). The molecule has 1 aliphatic carbocycles. The van der Waals surface area contributed by atoms with E-state index < -0.39 is 0 Å². The van der Waals surface area contributed by atoms with Crippen LogP contribution in [0.1, 0.15) is 43.5 Å². The third kappa shape index (κ3) is 1.83. The Labute approximate surface area is 91.5 Å². The van der Waals surface area contributed by atoms with E-state index in [0.717, 1.165) is 0 Å². The van der Waals surface area contributed by atoms with Gasteiger partial charge in [-0.2, -0.15) is 0 Å². The summed E-state index contributed by atoms with van der Waals surface area (Å²) in [6, 6.07) is 4.62. The van der Waals surface area contributed by atoms with E-state index in [1.54, 1.807) is 0 Å². The van der Waals surface area contributed by atoms with Crippen molar-refractivity contribution in [2.45, 2.75) is 57.0 Å². The fourth-order valence-electron chi connectivity index (χ4n) is 2.64. The molecule has 1 aromatic rings. The van der Waals surface area contributed by atoms with Crippen molar-refractivity contribution < 1.29 is 0 Å². The van der Waals surface area contributed by atoms with Crippen LogP contribution in [0.3, 0.4) is 0 Å². The first-order valence-electron chi connectivity index (χ1n) is 6.23. The van der Waals surface area contributed by atoms with E-state index in [2.05, 4.69) is 16.7 Å². The van der Waals surface area contributed by atoms with Crippen LogP contribution >= 0.6 is 0 Å². The van der Waals surface area contributed by atoms with Gasteiger partial charge in [-0.15, -0.1) is 0 Å². The largest absolute Gasteiger partial charge is 0.349 e. The smallest absolute Gasteiger partial charge is 0.0225 e. The van der Waals surface area contributed by atoms with E-state index in [1.807, 2.05) is 0 Å². The van der Waals surface area contributed by atoms with Crippen LogP contribution < -0.4 is 5.73 Å². The van der Waals surface area contributed by atoms with E-state index in [4.69, 9.17) is 5.73 Å². The summed E-state index contributed by atoms with van der Waals surface area (Å²) in [5.74, 6) is 0. The number of hydrogen-bond acceptors (Lipinski definition) is 1. The molecule has 0 bridgehead atoms. The van der Waals surface area contributed by atoms with Gasteiger partial charge in [-0.25, -0.2) is 0 Å². The molecule has 1 fully saturated rings. The molecule has 0 radical (unpaired) electrons. The van der Waals surface area contributed by atoms with Crippen molar-refractivity contribution in [2.75, 3.05) is 0 Å². The lowest BCUT2D eigenvalue weighted by Gasteiger charge is -2.18. The van der Waals surface area contributed by atoms with Crippen LogP contribution in [-0.2, 0) is 19.4 Å². The number of aryl methyl sites for hydroxylation is 2. The molecule has 2 aliphatic rings. The molecule has 1 saturated carbocycles. The molecule has 1 aliphatic heterocycles. The second-order valence-electron chi connectivity index (χ2n) is 5.29. The van der Waals surface area contributed by atoms with Crippen molar-refractivity contribution in [3.05, 3.63) is 23.5 Å². The van der Waals surface area contributed by atoms with Gasteiger partial charge in [-0.1, -0.05) is 0 Å². The third-order valence-electron chi connectivity index (χ3n) is 4.00. The Kier molecular flexibility index (Phi) is 2.13. The van der Waals surface area contributed by atoms with Crippen LogP contribution in [0.4, 0.5) is 0 Å². The molecule has 2 nitrogen and oxygen atoms in total. The number of nitrogens with two attached hydrogens (primary N) is 1. The van der Waals surface area contributed by atoms with Crippen molar-refractivity contribution >= 4 is 0 Å². The molecule has 2 heterocycles. The zero-order valence-corrected chi connectivity index (χ0v) is 9.34. The molecule has 0 spiro atoms. The standard InChI is InChI=1S/C13H20N2/c14-13(8-9-13)7-6-12-5-4-11-3-1-2-10-15(11)12/h4-5H,1-3,6-10,14H2. The maximum atomic E-state index is 6.13. The van der Waals surface area contributed by atoms with Crippen LogP contribution in [0.15, 0.2) is 12.1 Å². The highest BCUT2D eigenvalue weighted by atomic mass is 15.0. The summed E-state index contributed by atoms with van der Waals surface area (Å²) in [6.45, 7) is 1.23. The van der Waals surface area contributed by atoms with Gasteiger partial charge in [0.2, 0.25) is 0 Å². The Bertz CT molecular complexity index is 361. The van der Waals surface area contributed by atoms with E-state index >= 15 is 0 Å². The Morgan fingerprint density at radius 1 is 1.27 bits per heavy atom. The monoisotopic (exact) mass is 204 g/mol. The Morgan fingerprint density at radius 2 is 2.13 bits per heavy atom. The summed E-state index contributed by atoms with van der Waals surface area (Å²) >= 11 is 0. The van der Waals surface area contributed by atoms with Crippen molar-refractivity contribution in [2.24, 2.45) is 5.73 Å². The molecule has 0 unspecified atom stereocenters. The SMILES string of the molecule is NC1(CCc2ccc3n2CCCC3)CC1. The minimum atomic E-state index is 0.208. The fraction of sp³-hybridized carbons (Fsp3) is 0.692. The Morgan fingerprint density at radius 3 is 2.93 bits per heavy atom. The summed E-state index contributed by atoms with van der Waals surface area (Å²) < 4.78 is 2.52. The predicted octanol–water partition coefficient (Wildman–Crippen LogP) is 2.25. The van der Waals surface area contributed by atoms with Gasteiger partial charge >= 0.3 is 0 Å². The highest BCUT2D eigenvalue weighted by Crippen LogP contribution is 2.36. The summed E-state index contributed by atoms with van der Waals surface area (Å²) in [7, 11) is 0. The molecule has 2 N–H and O–H groups in total. The lowest BCUT2D eigenvalue weighted by molar-refractivity contribution is 0.504. The average Bonchev–Trinajstić information content (AvgIpc) is 2.86. The number of rotatable bonds is 3. The topological polar surface area (TPSA) is 30.9 Å². The zero-order valence-electron chi connectivity index (χ0n) is 9.34. The van der Waals surface area contributed by atoms with Crippen molar-refractivity contribution in [1.29, 1.82) is 0 Å². The minimum absolute atomic E-state index is 0.208. The third-order valence-corrected chi connectivity index (χ3v) is 4.00. The lowest BCUT2D eigenvalue weighted by Crippen LogP contribution is -2.23. The van der Waals surface area contributed by atoms with Gasteiger partial charge in [0.15, 0.2) is 0 Å². The molecule has 0 amide bonds. The summed E-state index contributed by atoms with van der Waals surface area (Å²) in [5.41, 5.74) is 9.39. The molecule has 0 saturated heterocycles. The highest BCUT2D eigenvalue weighted by Gasteiger charge is 2.37. The van der Waals surface area contributed by atoms with Gasteiger partial charge in [0.25, 0.3) is 0 Å². The summed E-state index contributed by atoms with van der Waals surface area (Å²) in [6.07, 6.45) is 8.81. The maximum absolute atomic E-state index is 6.13. The highest BCUT2D eigenvalue weighted by molar-refractivity contribution is 5.19. The van der Waals surface area contributed by atoms with Gasteiger partial charge < -0.3 is 10.3 Å². The van der Waals surface area contributed by atoms with E-state index in [-0.39, 0.29) is 5.54 Å². The minimum Gasteiger partial charge on any atom is -0.349 e. The number of fused-ring (bicyclic) bond motifs is 1. The first-order chi connectivity index (χ1) is 7.27.